The molecule has 1 rings (SSSR count). The Labute approximate surface area is 110 Å². The Morgan fingerprint density at radius 3 is 2.33 bits per heavy atom. The quantitative estimate of drug-likeness (QED) is 0.263. The minimum Gasteiger partial charge on any atom is -0.624 e. The summed E-state index contributed by atoms with van der Waals surface area (Å²) in [5.74, 6) is 0.878. The third-order valence-corrected chi connectivity index (χ3v) is 2.78. The van der Waals surface area contributed by atoms with Gasteiger partial charge in [0.05, 0.1) is 7.11 Å². The summed E-state index contributed by atoms with van der Waals surface area (Å²) in [7, 11) is 1.67. The average Bonchev–Trinajstić information content (AvgIpc) is 2.34. The molecule has 0 heterocycles. The van der Waals surface area contributed by atoms with Crippen LogP contribution in [0.1, 0.15) is 39.2 Å². The molecule has 3 heteroatoms. The lowest BCUT2D eigenvalue weighted by atomic mass is 10.1. The van der Waals surface area contributed by atoms with E-state index in [0.29, 0.717) is 0 Å². The number of aryl methyl sites for hydroxylation is 1. The van der Waals surface area contributed by atoms with Crippen molar-refractivity contribution in [3.05, 3.63) is 35.0 Å². The SMILES string of the molecule is COc1ccc(CCCC=[N+]([O-])C(C)(C)C)cc1. The Hall–Kier alpha value is -1.51. The minimum absolute atomic E-state index is 0.333. The molecule has 1 aromatic rings. The predicted octanol–water partition coefficient (Wildman–Crippen LogP) is 3.40. The Morgan fingerprint density at radius 2 is 1.83 bits per heavy atom. The van der Waals surface area contributed by atoms with Gasteiger partial charge in [-0.3, -0.25) is 0 Å². The Bertz CT molecular complexity index is 388. The van der Waals surface area contributed by atoms with Crippen molar-refractivity contribution >= 4 is 6.21 Å². The van der Waals surface area contributed by atoms with Crippen LogP contribution in [0, 0.1) is 5.21 Å². The number of hydrogen-bond donors (Lipinski definition) is 0. The molecule has 0 atom stereocenters. The van der Waals surface area contributed by atoms with Gasteiger partial charge in [-0.1, -0.05) is 12.1 Å². The number of hydrogen-bond acceptors (Lipinski definition) is 2. The summed E-state index contributed by atoms with van der Waals surface area (Å²) in [5.41, 5.74) is 0.942. The van der Waals surface area contributed by atoms with Crippen molar-refractivity contribution in [2.45, 2.75) is 45.6 Å². The van der Waals surface area contributed by atoms with Crippen LogP contribution in [0.4, 0.5) is 0 Å². The lowest BCUT2D eigenvalue weighted by Gasteiger charge is -2.18. The van der Waals surface area contributed by atoms with Crippen LogP contribution in [0.3, 0.4) is 0 Å². The lowest BCUT2D eigenvalue weighted by molar-refractivity contribution is -0.532. The lowest BCUT2D eigenvalue weighted by Crippen LogP contribution is -2.29. The molecule has 0 bridgehead atoms. The van der Waals surface area contributed by atoms with Crippen molar-refractivity contribution in [1.29, 1.82) is 0 Å². The van der Waals surface area contributed by atoms with E-state index in [1.807, 2.05) is 32.9 Å². The second kappa shape index (κ2) is 6.43. The Morgan fingerprint density at radius 1 is 1.22 bits per heavy atom. The van der Waals surface area contributed by atoms with E-state index in [-0.39, 0.29) is 5.54 Å². The highest BCUT2D eigenvalue weighted by molar-refractivity contribution is 5.51. The molecule has 1 aromatic carbocycles. The zero-order valence-corrected chi connectivity index (χ0v) is 11.8. The number of nitrogens with zero attached hydrogens (tertiary/aromatic N) is 1. The Kier molecular flexibility index (Phi) is 5.20. The van der Waals surface area contributed by atoms with E-state index >= 15 is 0 Å². The first kappa shape index (κ1) is 14.6. The molecule has 100 valence electrons. The maximum Gasteiger partial charge on any atom is 0.164 e. The van der Waals surface area contributed by atoms with E-state index in [0.717, 1.165) is 29.8 Å². The van der Waals surface area contributed by atoms with Gasteiger partial charge in [-0.05, 0) is 30.5 Å². The van der Waals surface area contributed by atoms with Gasteiger partial charge >= 0.3 is 0 Å². The second-order valence-corrected chi connectivity index (χ2v) is 5.42. The normalized spacial score (nSPS) is 12.6. The van der Waals surface area contributed by atoms with Crippen molar-refractivity contribution in [2.24, 2.45) is 0 Å². The van der Waals surface area contributed by atoms with E-state index in [4.69, 9.17) is 4.74 Å². The molecular formula is C15H23NO2. The summed E-state index contributed by atoms with van der Waals surface area (Å²) in [6, 6.07) is 8.07. The molecule has 3 nitrogen and oxygen atoms in total. The first-order chi connectivity index (χ1) is 8.43. The summed E-state index contributed by atoms with van der Waals surface area (Å²) in [6.07, 6.45) is 4.52. The molecule has 0 N–H and O–H groups in total. The minimum atomic E-state index is -0.333. The second-order valence-electron chi connectivity index (χ2n) is 5.42. The third-order valence-electron chi connectivity index (χ3n) is 2.78. The highest BCUT2D eigenvalue weighted by Crippen LogP contribution is 2.13. The van der Waals surface area contributed by atoms with Gasteiger partial charge in [0.15, 0.2) is 11.8 Å². The van der Waals surface area contributed by atoms with E-state index in [2.05, 4.69) is 12.1 Å². The van der Waals surface area contributed by atoms with Gasteiger partial charge in [-0.2, -0.15) is 0 Å². The van der Waals surface area contributed by atoms with Gasteiger partial charge in [0.1, 0.15) is 5.75 Å². The van der Waals surface area contributed by atoms with Crippen LogP contribution in [-0.4, -0.2) is 23.6 Å². The van der Waals surface area contributed by atoms with E-state index in [9.17, 15) is 5.21 Å². The van der Waals surface area contributed by atoms with E-state index in [1.54, 1.807) is 13.3 Å². The third kappa shape index (κ3) is 4.78. The molecule has 0 amide bonds. The molecular weight excluding hydrogens is 226 g/mol. The fraction of sp³-hybridized carbons (Fsp3) is 0.533. The van der Waals surface area contributed by atoms with Crippen LogP contribution in [0.2, 0.25) is 0 Å². The molecule has 0 saturated carbocycles. The Balaban J connectivity index is 2.38. The zero-order chi connectivity index (χ0) is 13.6. The van der Waals surface area contributed by atoms with Crippen LogP contribution in [0.25, 0.3) is 0 Å². The van der Waals surface area contributed by atoms with Crippen LogP contribution in [0.15, 0.2) is 24.3 Å². The first-order valence-electron chi connectivity index (χ1n) is 6.36. The van der Waals surface area contributed by atoms with Gasteiger partial charge < -0.3 is 9.94 Å². The molecule has 0 radical (unpaired) electrons. The number of unbranched alkanes of at least 4 members (excludes halogenated alkanes) is 1. The fourth-order valence-electron chi connectivity index (χ4n) is 1.58. The number of rotatable bonds is 5. The van der Waals surface area contributed by atoms with Gasteiger partial charge in [0.25, 0.3) is 0 Å². The van der Waals surface area contributed by atoms with Crippen molar-refractivity contribution in [3.63, 3.8) is 0 Å². The van der Waals surface area contributed by atoms with Crippen molar-refractivity contribution in [3.8, 4) is 5.75 Å². The van der Waals surface area contributed by atoms with Gasteiger partial charge in [-0.25, -0.2) is 4.74 Å². The van der Waals surface area contributed by atoms with Crippen LogP contribution in [-0.2, 0) is 6.42 Å². The van der Waals surface area contributed by atoms with Crippen molar-refractivity contribution in [1.82, 2.24) is 0 Å². The fourth-order valence-corrected chi connectivity index (χ4v) is 1.58. The molecule has 0 unspecified atom stereocenters. The van der Waals surface area contributed by atoms with Gasteiger partial charge in [-0.15, -0.1) is 0 Å². The summed E-state index contributed by atoms with van der Waals surface area (Å²) in [6.45, 7) is 5.75. The van der Waals surface area contributed by atoms with Crippen molar-refractivity contribution in [2.75, 3.05) is 7.11 Å². The highest BCUT2D eigenvalue weighted by atomic mass is 16.5. The van der Waals surface area contributed by atoms with Crippen LogP contribution < -0.4 is 4.74 Å². The number of ether oxygens (including phenoxy) is 1. The maximum atomic E-state index is 11.6. The monoisotopic (exact) mass is 249 g/mol. The average molecular weight is 249 g/mol. The predicted molar refractivity (Wildman–Crippen MR) is 75.4 cm³/mol. The summed E-state index contributed by atoms with van der Waals surface area (Å²) >= 11 is 0. The molecule has 0 aromatic heterocycles. The molecule has 0 spiro atoms. The largest absolute Gasteiger partial charge is 0.624 e. The molecule has 0 saturated heterocycles. The smallest absolute Gasteiger partial charge is 0.164 e. The van der Waals surface area contributed by atoms with Crippen LogP contribution >= 0.6 is 0 Å². The molecule has 18 heavy (non-hydrogen) atoms. The zero-order valence-electron chi connectivity index (χ0n) is 11.8. The first-order valence-corrected chi connectivity index (χ1v) is 6.36. The van der Waals surface area contributed by atoms with E-state index in [1.165, 1.54) is 5.56 Å². The molecule has 0 aliphatic carbocycles. The summed E-state index contributed by atoms with van der Waals surface area (Å²) in [4.78, 5) is 0. The maximum absolute atomic E-state index is 11.6. The van der Waals surface area contributed by atoms with Crippen molar-refractivity contribution < 1.29 is 9.48 Å². The number of methoxy groups -OCH3 is 1. The number of benzene rings is 1. The topological polar surface area (TPSA) is 35.3 Å². The number of hydroxylamine groups is 1. The molecule has 0 fully saturated rings. The van der Waals surface area contributed by atoms with E-state index < -0.39 is 0 Å². The summed E-state index contributed by atoms with van der Waals surface area (Å²) in [5, 5.41) is 11.6. The molecule has 0 aliphatic heterocycles. The summed E-state index contributed by atoms with van der Waals surface area (Å²) < 4.78 is 6.15. The van der Waals surface area contributed by atoms with Gasteiger partial charge in [0, 0.05) is 27.2 Å². The van der Waals surface area contributed by atoms with Crippen LogP contribution in [0.5, 0.6) is 5.75 Å². The van der Waals surface area contributed by atoms with Gasteiger partial charge in [0.2, 0.25) is 0 Å². The molecule has 0 aliphatic rings. The standard InChI is InChI=1S/C15H23NO2/c1-15(2,3)16(17)12-6-5-7-13-8-10-14(18-4)11-9-13/h8-12H,5-7H2,1-4H3. The highest BCUT2D eigenvalue weighted by Gasteiger charge is 2.17.